The van der Waals surface area contributed by atoms with E-state index in [0.29, 0.717) is 39.9 Å². The zero-order valence-corrected chi connectivity index (χ0v) is 13.6. The monoisotopic (exact) mass is 350 g/mol. The van der Waals surface area contributed by atoms with Gasteiger partial charge in [-0.3, -0.25) is 0 Å². The van der Waals surface area contributed by atoms with Crippen molar-refractivity contribution in [3.63, 3.8) is 0 Å². The Kier molecular flexibility index (Phi) is 4.59. The van der Waals surface area contributed by atoms with E-state index in [1.165, 1.54) is 6.33 Å². The maximum atomic E-state index is 5.99. The number of halogens is 2. The molecule has 0 radical (unpaired) electrons. The van der Waals surface area contributed by atoms with Gasteiger partial charge in [0.05, 0.1) is 6.54 Å². The van der Waals surface area contributed by atoms with Gasteiger partial charge in [0.1, 0.15) is 12.0 Å². The van der Waals surface area contributed by atoms with Crippen LogP contribution in [-0.2, 0) is 6.54 Å². The van der Waals surface area contributed by atoms with Crippen LogP contribution in [0.3, 0.4) is 0 Å². The summed E-state index contributed by atoms with van der Waals surface area (Å²) < 4.78 is 5.22. The molecule has 0 spiro atoms. The molecular weight excluding hydrogens is 339 g/mol. The van der Waals surface area contributed by atoms with E-state index in [2.05, 4.69) is 30.7 Å². The number of rotatable bonds is 5. The lowest BCUT2D eigenvalue weighted by molar-refractivity contribution is 0.384. The van der Waals surface area contributed by atoms with Crippen LogP contribution in [0.1, 0.15) is 5.89 Å². The fraction of sp³-hybridized carbons (Fsp3) is 0.143. The summed E-state index contributed by atoms with van der Waals surface area (Å²) in [6, 6.07) is 7.24. The second kappa shape index (κ2) is 6.80. The van der Waals surface area contributed by atoms with Gasteiger partial charge in [-0.2, -0.15) is 4.98 Å². The van der Waals surface area contributed by atoms with Gasteiger partial charge in [0.2, 0.25) is 11.7 Å². The maximum Gasteiger partial charge on any atom is 0.246 e. The molecule has 1 aromatic carbocycles. The van der Waals surface area contributed by atoms with Gasteiger partial charge in [-0.25, -0.2) is 9.97 Å². The van der Waals surface area contributed by atoms with E-state index in [4.69, 9.17) is 27.7 Å². The summed E-state index contributed by atoms with van der Waals surface area (Å²) in [5, 5.41) is 10.9. The quantitative estimate of drug-likeness (QED) is 0.680. The largest absolute Gasteiger partial charge is 0.383 e. The third-order valence-corrected chi connectivity index (χ3v) is 3.53. The fourth-order valence-corrected chi connectivity index (χ4v) is 2.37. The Morgan fingerprint density at radius 2 is 2.09 bits per heavy atom. The molecule has 0 aliphatic carbocycles. The molecule has 3 rings (SSSR count). The zero-order valence-electron chi connectivity index (χ0n) is 12.0. The summed E-state index contributed by atoms with van der Waals surface area (Å²) in [6.45, 7) is 0.301. The summed E-state index contributed by atoms with van der Waals surface area (Å²) in [7, 11) is 1.74. The lowest BCUT2D eigenvalue weighted by Gasteiger charge is -2.09. The average Bonchev–Trinajstić information content (AvgIpc) is 3.02. The van der Waals surface area contributed by atoms with E-state index in [1.54, 1.807) is 19.2 Å². The molecule has 7 nitrogen and oxygen atoms in total. The minimum absolute atomic E-state index is 0.301. The molecule has 3 aromatic rings. The smallest absolute Gasteiger partial charge is 0.246 e. The summed E-state index contributed by atoms with van der Waals surface area (Å²) in [5.41, 5.74) is 1.39. The van der Waals surface area contributed by atoms with Crippen molar-refractivity contribution >= 4 is 34.7 Å². The van der Waals surface area contributed by atoms with Crippen molar-refractivity contribution in [2.45, 2.75) is 6.54 Å². The maximum absolute atomic E-state index is 5.99. The van der Waals surface area contributed by atoms with Crippen molar-refractivity contribution in [2.75, 3.05) is 17.7 Å². The summed E-state index contributed by atoms with van der Waals surface area (Å²) in [5.74, 6) is 1.44. The Labute approximate surface area is 142 Å². The standard InChI is InChI=1S/C14H12Cl2N6O/c1-17-11-12(16)19-7-20-14(11)18-6-10-21-13(22-23-10)8-3-2-4-9(15)5-8/h2-5,7,17H,6H2,1H3,(H,18,19,20). The molecule has 0 aliphatic rings. The van der Waals surface area contributed by atoms with E-state index in [1.807, 2.05) is 12.1 Å². The van der Waals surface area contributed by atoms with Crippen LogP contribution in [-0.4, -0.2) is 27.2 Å². The van der Waals surface area contributed by atoms with E-state index >= 15 is 0 Å². The number of nitrogens with zero attached hydrogens (tertiary/aromatic N) is 4. The van der Waals surface area contributed by atoms with E-state index in [0.717, 1.165) is 5.56 Å². The van der Waals surface area contributed by atoms with Crippen LogP contribution in [0.15, 0.2) is 35.1 Å². The molecule has 0 amide bonds. The van der Waals surface area contributed by atoms with Crippen molar-refractivity contribution < 1.29 is 4.52 Å². The number of benzene rings is 1. The first-order valence-corrected chi connectivity index (χ1v) is 7.43. The molecule has 9 heteroatoms. The molecular formula is C14H12Cl2N6O. The summed E-state index contributed by atoms with van der Waals surface area (Å²) >= 11 is 12.0. The molecule has 2 N–H and O–H groups in total. The predicted molar refractivity (Wildman–Crippen MR) is 88.7 cm³/mol. The summed E-state index contributed by atoms with van der Waals surface area (Å²) in [6.07, 6.45) is 1.37. The van der Waals surface area contributed by atoms with Crippen molar-refractivity contribution in [1.29, 1.82) is 0 Å². The van der Waals surface area contributed by atoms with Crippen molar-refractivity contribution in [1.82, 2.24) is 20.1 Å². The Bertz CT molecular complexity index is 823. The van der Waals surface area contributed by atoms with Gasteiger partial charge >= 0.3 is 0 Å². The zero-order chi connectivity index (χ0) is 16.2. The van der Waals surface area contributed by atoms with Gasteiger partial charge in [-0.15, -0.1) is 0 Å². The third kappa shape index (κ3) is 3.52. The topological polar surface area (TPSA) is 88.8 Å². The molecule has 0 bridgehead atoms. The third-order valence-electron chi connectivity index (χ3n) is 3.01. The van der Waals surface area contributed by atoms with Crippen LogP contribution < -0.4 is 10.6 Å². The number of nitrogens with one attached hydrogen (secondary N) is 2. The van der Waals surface area contributed by atoms with Crippen molar-refractivity contribution in [2.24, 2.45) is 0 Å². The molecule has 0 unspecified atom stereocenters. The Morgan fingerprint density at radius 1 is 1.22 bits per heavy atom. The SMILES string of the molecule is CNc1c(Cl)ncnc1NCc1nc(-c2cccc(Cl)c2)no1. The van der Waals surface area contributed by atoms with Crippen LogP contribution in [0.25, 0.3) is 11.4 Å². The van der Waals surface area contributed by atoms with Gasteiger partial charge in [-0.05, 0) is 12.1 Å². The molecule has 118 valence electrons. The fourth-order valence-electron chi connectivity index (χ4n) is 1.95. The normalized spacial score (nSPS) is 10.6. The number of hydrogen-bond acceptors (Lipinski definition) is 7. The van der Waals surface area contributed by atoms with Gasteiger partial charge < -0.3 is 15.2 Å². The molecule has 2 heterocycles. The molecule has 0 fully saturated rings. The molecule has 0 saturated carbocycles. The minimum Gasteiger partial charge on any atom is -0.383 e. The molecule has 0 saturated heterocycles. The minimum atomic E-state index is 0.301. The van der Waals surface area contributed by atoms with Gasteiger partial charge in [0, 0.05) is 17.6 Å². The first kappa shape index (κ1) is 15.5. The lowest BCUT2D eigenvalue weighted by Crippen LogP contribution is -2.06. The highest BCUT2D eigenvalue weighted by atomic mass is 35.5. The van der Waals surface area contributed by atoms with E-state index < -0.39 is 0 Å². The van der Waals surface area contributed by atoms with Gasteiger partial charge in [0.25, 0.3) is 0 Å². The number of hydrogen-bond donors (Lipinski definition) is 2. The first-order chi connectivity index (χ1) is 11.2. The molecule has 0 aliphatic heterocycles. The second-order valence-electron chi connectivity index (χ2n) is 4.51. The Morgan fingerprint density at radius 3 is 2.87 bits per heavy atom. The van der Waals surface area contributed by atoms with E-state index in [-0.39, 0.29) is 0 Å². The van der Waals surface area contributed by atoms with Crippen molar-refractivity contribution in [3.05, 3.63) is 46.7 Å². The first-order valence-electron chi connectivity index (χ1n) is 6.68. The van der Waals surface area contributed by atoms with Crippen LogP contribution in [0.5, 0.6) is 0 Å². The Hall–Kier alpha value is -2.38. The molecule has 2 aromatic heterocycles. The van der Waals surface area contributed by atoms with Crippen LogP contribution in [0.2, 0.25) is 10.2 Å². The highest BCUT2D eigenvalue weighted by Crippen LogP contribution is 2.26. The second-order valence-corrected chi connectivity index (χ2v) is 5.31. The molecule has 0 atom stereocenters. The van der Waals surface area contributed by atoms with E-state index in [9.17, 15) is 0 Å². The molecule has 23 heavy (non-hydrogen) atoms. The number of aromatic nitrogens is 4. The van der Waals surface area contributed by atoms with Crippen LogP contribution in [0, 0.1) is 0 Å². The highest BCUT2D eigenvalue weighted by Gasteiger charge is 2.12. The Balaban J connectivity index is 1.74. The predicted octanol–water partition coefficient (Wildman–Crippen LogP) is 3.49. The van der Waals surface area contributed by atoms with Crippen LogP contribution in [0.4, 0.5) is 11.5 Å². The van der Waals surface area contributed by atoms with Gasteiger partial charge in [0.15, 0.2) is 11.0 Å². The lowest BCUT2D eigenvalue weighted by atomic mass is 10.2. The van der Waals surface area contributed by atoms with Crippen molar-refractivity contribution in [3.8, 4) is 11.4 Å². The number of anilines is 2. The average molecular weight is 351 g/mol. The summed E-state index contributed by atoms with van der Waals surface area (Å²) in [4.78, 5) is 12.3. The van der Waals surface area contributed by atoms with Gasteiger partial charge in [-0.1, -0.05) is 40.5 Å². The highest BCUT2D eigenvalue weighted by molar-refractivity contribution is 6.32. The van der Waals surface area contributed by atoms with Crippen LogP contribution >= 0.6 is 23.2 Å².